The second kappa shape index (κ2) is 12.5. The fraction of sp³-hybridized carbons (Fsp3) is 0.733. The number of carbonyl (C=O) groups is 4. The lowest BCUT2D eigenvalue weighted by Crippen LogP contribution is -2.57. The van der Waals surface area contributed by atoms with Crippen LogP contribution in [0, 0.1) is 5.92 Å². The Morgan fingerprint density at radius 2 is 1.62 bits per heavy atom. The van der Waals surface area contributed by atoms with Crippen molar-refractivity contribution >= 4 is 35.5 Å². The molecule has 3 amide bonds. The first-order chi connectivity index (χ1) is 12.2. The quantitative estimate of drug-likeness (QED) is 0.219. The zero-order valence-electron chi connectivity index (χ0n) is 15.2. The second-order valence-corrected chi connectivity index (χ2v) is 6.90. The number of carboxylic acid groups (broad SMARTS) is 1. The molecule has 0 aliphatic rings. The van der Waals surface area contributed by atoms with Crippen molar-refractivity contribution in [3.8, 4) is 0 Å². The van der Waals surface area contributed by atoms with Crippen molar-refractivity contribution in [1.29, 1.82) is 0 Å². The Morgan fingerprint density at radius 3 is 2.04 bits per heavy atom. The third kappa shape index (κ3) is 8.50. The SMILES string of the molecule is CSCCC(NC(=O)C(NC(=O)CN)C(C)C)C(=O)NC(CO)C(=O)O. The number of hydrogen-bond acceptors (Lipinski definition) is 7. The Balaban J connectivity index is 5.15. The third-order valence-corrected chi connectivity index (χ3v) is 4.14. The molecule has 0 saturated carbocycles. The van der Waals surface area contributed by atoms with E-state index in [1.807, 2.05) is 6.26 Å². The summed E-state index contributed by atoms with van der Waals surface area (Å²) in [5, 5.41) is 25.2. The Hall–Kier alpha value is -1.85. The van der Waals surface area contributed by atoms with Crippen molar-refractivity contribution in [3.05, 3.63) is 0 Å². The monoisotopic (exact) mass is 392 g/mol. The van der Waals surface area contributed by atoms with Gasteiger partial charge in [-0.2, -0.15) is 11.8 Å². The predicted molar refractivity (Wildman–Crippen MR) is 97.4 cm³/mol. The molecule has 0 fully saturated rings. The van der Waals surface area contributed by atoms with E-state index < -0.39 is 48.4 Å². The van der Waals surface area contributed by atoms with Crippen LogP contribution in [0.1, 0.15) is 20.3 Å². The van der Waals surface area contributed by atoms with Gasteiger partial charge in [0.1, 0.15) is 18.1 Å². The first-order valence-corrected chi connectivity index (χ1v) is 9.50. The maximum Gasteiger partial charge on any atom is 0.328 e. The van der Waals surface area contributed by atoms with Gasteiger partial charge in [-0.15, -0.1) is 0 Å². The van der Waals surface area contributed by atoms with Gasteiger partial charge in [-0.25, -0.2) is 4.79 Å². The molecule has 10 nitrogen and oxygen atoms in total. The van der Waals surface area contributed by atoms with Gasteiger partial charge >= 0.3 is 5.97 Å². The van der Waals surface area contributed by atoms with E-state index in [-0.39, 0.29) is 18.9 Å². The molecular formula is C15H28N4O6S. The summed E-state index contributed by atoms with van der Waals surface area (Å²) < 4.78 is 0. The molecule has 3 atom stereocenters. The number of carboxylic acids is 1. The average molecular weight is 392 g/mol. The fourth-order valence-electron chi connectivity index (χ4n) is 1.99. The minimum atomic E-state index is -1.46. The molecule has 0 spiro atoms. The molecule has 7 N–H and O–H groups in total. The molecule has 0 radical (unpaired) electrons. The van der Waals surface area contributed by atoms with Gasteiger partial charge in [0.15, 0.2) is 0 Å². The summed E-state index contributed by atoms with van der Waals surface area (Å²) in [4.78, 5) is 47.2. The lowest BCUT2D eigenvalue weighted by Gasteiger charge is -2.25. The van der Waals surface area contributed by atoms with Crippen LogP contribution in [0.5, 0.6) is 0 Å². The van der Waals surface area contributed by atoms with Crippen molar-refractivity contribution < 1.29 is 29.4 Å². The second-order valence-electron chi connectivity index (χ2n) is 5.92. The first-order valence-electron chi connectivity index (χ1n) is 8.10. The number of thioether (sulfide) groups is 1. The number of aliphatic hydroxyl groups excluding tert-OH is 1. The molecule has 0 bridgehead atoms. The van der Waals surface area contributed by atoms with E-state index >= 15 is 0 Å². The van der Waals surface area contributed by atoms with Gasteiger partial charge in [-0.1, -0.05) is 13.8 Å². The van der Waals surface area contributed by atoms with Crippen LogP contribution >= 0.6 is 11.8 Å². The average Bonchev–Trinajstić information content (AvgIpc) is 2.59. The van der Waals surface area contributed by atoms with Crippen LogP contribution in [0.3, 0.4) is 0 Å². The summed E-state index contributed by atoms with van der Waals surface area (Å²) in [7, 11) is 0. The molecule has 0 aromatic heterocycles. The van der Waals surface area contributed by atoms with Crippen LogP contribution in [-0.2, 0) is 19.2 Å². The number of hydrogen-bond donors (Lipinski definition) is 6. The first kappa shape index (κ1) is 24.1. The van der Waals surface area contributed by atoms with Gasteiger partial charge in [0.25, 0.3) is 0 Å². The number of carbonyl (C=O) groups excluding carboxylic acids is 3. The number of nitrogens with two attached hydrogens (primary N) is 1. The molecule has 3 unspecified atom stereocenters. The summed E-state index contributed by atoms with van der Waals surface area (Å²) in [5.74, 6) is -2.89. The number of aliphatic hydroxyl groups is 1. The molecule has 0 aromatic carbocycles. The Kier molecular flexibility index (Phi) is 11.6. The molecule has 11 heteroatoms. The van der Waals surface area contributed by atoms with E-state index in [4.69, 9.17) is 15.9 Å². The van der Waals surface area contributed by atoms with E-state index in [0.717, 1.165) is 0 Å². The maximum atomic E-state index is 12.5. The molecular weight excluding hydrogens is 364 g/mol. The largest absolute Gasteiger partial charge is 0.480 e. The van der Waals surface area contributed by atoms with Crippen molar-refractivity contribution in [1.82, 2.24) is 16.0 Å². The maximum absolute atomic E-state index is 12.5. The number of aliphatic carboxylic acids is 1. The van der Waals surface area contributed by atoms with Gasteiger partial charge in [-0.05, 0) is 24.3 Å². The highest BCUT2D eigenvalue weighted by Crippen LogP contribution is 2.06. The predicted octanol–water partition coefficient (Wildman–Crippen LogP) is -2.11. The van der Waals surface area contributed by atoms with Crippen LogP contribution in [0.2, 0.25) is 0 Å². The zero-order valence-corrected chi connectivity index (χ0v) is 16.0. The van der Waals surface area contributed by atoms with Gasteiger partial charge in [-0.3, -0.25) is 14.4 Å². The molecule has 0 aliphatic heterocycles. The smallest absolute Gasteiger partial charge is 0.328 e. The van der Waals surface area contributed by atoms with Gasteiger partial charge < -0.3 is 31.9 Å². The molecule has 0 rings (SSSR count). The standard InChI is InChI=1S/C15H28N4O6S/c1-8(2)12(19-11(21)6-16)14(23)17-9(4-5-26-3)13(22)18-10(7-20)15(24)25/h8-10,12,20H,4-7,16H2,1-3H3,(H,17,23)(H,18,22)(H,19,21)(H,24,25). The summed E-state index contributed by atoms with van der Waals surface area (Å²) in [6.45, 7) is 2.41. The highest BCUT2D eigenvalue weighted by molar-refractivity contribution is 7.98. The Labute approximate surface area is 156 Å². The molecule has 0 heterocycles. The Bertz CT molecular complexity index is 503. The summed E-state index contributed by atoms with van der Waals surface area (Å²) >= 11 is 1.45. The molecule has 0 aliphatic carbocycles. The van der Waals surface area contributed by atoms with E-state index in [0.29, 0.717) is 5.75 Å². The summed E-state index contributed by atoms with van der Waals surface area (Å²) in [6, 6.07) is -3.35. The van der Waals surface area contributed by atoms with Crippen molar-refractivity contribution in [2.75, 3.05) is 25.2 Å². The van der Waals surface area contributed by atoms with Gasteiger partial charge in [0.2, 0.25) is 17.7 Å². The Morgan fingerprint density at radius 1 is 1.04 bits per heavy atom. The lowest BCUT2D eigenvalue weighted by molar-refractivity contribution is -0.143. The molecule has 0 saturated heterocycles. The number of rotatable bonds is 12. The zero-order chi connectivity index (χ0) is 20.3. The van der Waals surface area contributed by atoms with Crippen molar-refractivity contribution in [2.45, 2.75) is 38.4 Å². The van der Waals surface area contributed by atoms with Crippen LogP contribution in [0.4, 0.5) is 0 Å². The lowest BCUT2D eigenvalue weighted by atomic mass is 10.0. The number of nitrogens with one attached hydrogen (secondary N) is 3. The fourth-order valence-corrected chi connectivity index (χ4v) is 2.46. The van der Waals surface area contributed by atoms with Crippen LogP contribution in [0.25, 0.3) is 0 Å². The normalized spacial score (nSPS) is 14.2. The van der Waals surface area contributed by atoms with Gasteiger partial charge in [0.05, 0.1) is 13.2 Å². The molecule has 0 aromatic rings. The van der Waals surface area contributed by atoms with Crippen LogP contribution < -0.4 is 21.7 Å². The number of amides is 3. The van der Waals surface area contributed by atoms with E-state index in [2.05, 4.69) is 16.0 Å². The highest BCUT2D eigenvalue weighted by Gasteiger charge is 2.30. The summed E-state index contributed by atoms with van der Waals surface area (Å²) in [5.41, 5.74) is 5.24. The van der Waals surface area contributed by atoms with Gasteiger partial charge in [0, 0.05) is 0 Å². The van der Waals surface area contributed by atoms with Crippen LogP contribution in [-0.4, -0.2) is 77.2 Å². The van der Waals surface area contributed by atoms with E-state index in [9.17, 15) is 19.2 Å². The highest BCUT2D eigenvalue weighted by atomic mass is 32.2. The molecule has 150 valence electrons. The topological polar surface area (TPSA) is 171 Å². The van der Waals surface area contributed by atoms with Crippen molar-refractivity contribution in [2.24, 2.45) is 11.7 Å². The van der Waals surface area contributed by atoms with Crippen molar-refractivity contribution in [3.63, 3.8) is 0 Å². The summed E-state index contributed by atoms with van der Waals surface area (Å²) in [6.07, 6.45) is 2.08. The molecule has 26 heavy (non-hydrogen) atoms. The minimum Gasteiger partial charge on any atom is -0.480 e. The van der Waals surface area contributed by atoms with E-state index in [1.54, 1.807) is 13.8 Å². The van der Waals surface area contributed by atoms with Crippen LogP contribution in [0.15, 0.2) is 0 Å². The third-order valence-electron chi connectivity index (χ3n) is 3.49. The minimum absolute atomic E-state index is 0.251. The van der Waals surface area contributed by atoms with E-state index in [1.165, 1.54) is 11.8 Å².